The van der Waals surface area contributed by atoms with Crippen LogP contribution in [-0.2, 0) is 21.1 Å². The second-order valence-corrected chi connectivity index (χ2v) is 11.2. The van der Waals surface area contributed by atoms with E-state index in [1.807, 2.05) is 37.3 Å². The van der Waals surface area contributed by atoms with Crippen molar-refractivity contribution in [1.82, 2.24) is 4.90 Å². The lowest BCUT2D eigenvalue weighted by Crippen LogP contribution is -2.29. The van der Waals surface area contributed by atoms with Gasteiger partial charge in [0, 0.05) is 18.3 Å². The van der Waals surface area contributed by atoms with Gasteiger partial charge in [-0.3, -0.25) is 9.59 Å². The van der Waals surface area contributed by atoms with Gasteiger partial charge in [0.25, 0.3) is 5.91 Å². The fourth-order valence-corrected chi connectivity index (χ4v) is 5.62. The number of hydrogen-bond donors (Lipinski definition) is 1. The van der Waals surface area contributed by atoms with E-state index in [-0.39, 0.29) is 30.0 Å². The molecule has 2 amide bonds. The standard InChI is InChI=1S/C28H30N2O4S/c1-20(23-6-4-3-5-7-23)30(2)28(32)24-12-14-25(15-13-24)29-27(31)18-21-10-16-26(17-11-21)35(33,34)19-22-8-9-22/h3-7,10-17,20,22H,8-9,18-19H2,1-2H3,(H,29,31). The highest BCUT2D eigenvalue weighted by Gasteiger charge is 2.29. The van der Waals surface area contributed by atoms with Crippen LogP contribution in [0.1, 0.15) is 47.3 Å². The Morgan fingerprint density at radius 2 is 1.57 bits per heavy atom. The molecule has 6 nitrogen and oxygen atoms in total. The number of nitrogens with one attached hydrogen (secondary N) is 1. The summed E-state index contributed by atoms with van der Waals surface area (Å²) in [4.78, 5) is 27.4. The van der Waals surface area contributed by atoms with Gasteiger partial charge in [-0.25, -0.2) is 8.42 Å². The van der Waals surface area contributed by atoms with Crippen molar-refractivity contribution in [2.45, 2.75) is 37.1 Å². The van der Waals surface area contributed by atoms with Crippen molar-refractivity contribution in [3.05, 3.63) is 95.6 Å². The van der Waals surface area contributed by atoms with E-state index >= 15 is 0 Å². The normalized spacial score (nSPS) is 14.2. The topological polar surface area (TPSA) is 83.6 Å². The molecule has 3 aromatic rings. The summed E-state index contributed by atoms with van der Waals surface area (Å²) in [5.41, 5.74) is 2.92. The molecule has 1 unspecified atom stereocenters. The van der Waals surface area contributed by atoms with Gasteiger partial charge in [0.2, 0.25) is 5.91 Å². The summed E-state index contributed by atoms with van der Waals surface area (Å²) in [6.45, 7) is 1.98. The Morgan fingerprint density at radius 3 is 2.17 bits per heavy atom. The Hall–Kier alpha value is -3.45. The molecule has 0 saturated heterocycles. The fourth-order valence-electron chi connectivity index (χ4n) is 3.93. The Labute approximate surface area is 206 Å². The van der Waals surface area contributed by atoms with Gasteiger partial charge >= 0.3 is 0 Å². The zero-order chi connectivity index (χ0) is 25.0. The molecular weight excluding hydrogens is 460 g/mol. The van der Waals surface area contributed by atoms with Gasteiger partial charge in [0.05, 0.1) is 23.1 Å². The Bertz CT molecular complexity index is 1280. The van der Waals surface area contributed by atoms with Crippen LogP contribution in [0.3, 0.4) is 0 Å². The number of nitrogens with zero attached hydrogens (tertiary/aromatic N) is 1. The van der Waals surface area contributed by atoms with Crippen molar-refractivity contribution >= 4 is 27.3 Å². The van der Waals surface area contributed by atoms with E-state index < -0.39 is 9.84 Å². The molecule has 0 aromatic heterocycles. The highest BCUT2D eigenvalue weighted by atomic mass is 32.2. The van der Waals surface area contributed by atoms with Crippen molar-refractivity contribution in [2.75, 3.05) is 18.1 Å². The van der Waals surface area contributed by atoms with Crippen LogP contribution in [0, 0.1) is 5.92 Å². The van der Waals surface area contributed by atoms with E-state index in [1.54, 1.807) is 60.5 Å². The first-order valence-electron chi connectivity index (χ1n) is 11.8. The summed E-state index contributed by atoms with van der Waals surface area (Å²) in [7, 11) is -1.49. The first-order chi connectivity index (χ1) is 16.7. The van der Waals surface area contributed by atoms with E-state index in [0.717, 1.165) is 24.0 Å². The molecule has 3 aromatic carbocycles. The fraction of sp³-hybridized carbons (Fsp3) is 0.286. The lowest BCUT2D eigenvalue weighted by atomic mass is 10.1. The molecule has 1 aliphatic rings. The van der Waals surface area contributed by atoms with Crippen molar-refractivity contribution in [3.63, 3.8) is 0 Å². The van der Waals surface area contributed by atoms with Crippen LogP contribution in [0.15, 0.2) is 83.8 Å². The molecule has 0 heterocycles. The van der Waals surface area contributed by atoms with Crippen molar-refractivity contribution in [3.8, 4) is 0 Å². The minimum absolute atomic E-state index is 0.0711. The molecule has 0 bridgehead atoms. The molecule has 1 N–H and O–H groups in total. The quantitative estimate of drug-likeness (QED) is 0.463. The van der Waals surface area contributed by atoms with Gasteiger partial charge < -0.3 is 10.2 Å². The number of carbonyl (C=O) groups excluding carboxylic acids is 2. The summed E-state index contributed by atoms with van der Waals surface area (Å²) in [5.74, 6) is 0.176. The highest BCUT2D eigenvalue weighted by Crippen LogP contribution is 2.32. The summed E-state index contributed by atoms with van der Waals surface area (Å²) >= 11 is 0. The molecule has 4 rings (SSSR count). The number of sulfone groups is 1. The number of rotatable bonds is 9. The summed E-state index contributed by atoms with van der Waals surface area (Å²) in [6.07, 6.45) is 2.09. The average molecular weight is 491 g/mol. The lowest BCUT2D eigenvalue weighted by molar-refractivity contribution is -0.115. The van der Waals surface area contributed by atoms with E-state index in [4.69, 9.17) is 0 Å². The van der Waals surface area contributed by atoms with E-state index in [0.29, 0.717) is 22.1 Å². The lowest BCUT2D eigenvalue weighted by Gasteiger charge is -2.25. The average Bonchev–Trinajstić information content (AvgIpc) is 3.67. The Balaban J connectivity index is 1.32. The Kier molecular flexibility index (Phi) is 7.36. The third kappa shape index (κ3) is 6.36. The molecule has 1 fully saturated rings. The van der Waals surface area contributed by atoms with Gasteiger partial charge in [-0.1, -0.05) is 42.5 Å². The minimum Gasteiger partial charge on any atom is -0.335 e. The summed E-state index contributed by atoms with van der Waals surface area (Å²) in [6, 6.07) is 23.1. The minimum atomic E-state index is -3.26. The van der Waals surface area contributed by atoms with E-state index in [2.05, 4.69) is 5.32 Å². The molecule has 182 valence electrons. The van der Waals surface area contributed by atoms with Crippen LogP contribution in [0.25, 0.3) is 0 Å². The molecule has 7 heteroatoms. The van der Waals surface area contributed by atoms with E-state index in [9.17, 15) is 18.0 Å². The maximum Gasteiger partial charge on any atom is 0.254 e. The maximum absolute atomic E-state index is 12.9. The van der Waals surface area contributed by atoms with Gasteiger partial charge in [-0.05, 0) is 73.2 Å². The molecular formula is C28H30N2O4S. The first-order valence-corrected chi connectivity index (χ1v) is 13.4. The number of amides is 2. The largest absolute Gasteiger partial charge is 0.335 e. The molecule has 1 saturated carbocycles. The highest BCUT2D eigenvalue weighted by molar-refractivity contribution is 7.91. The summed E-state index contributed by atoms with van der Waals surface area (Å²) in [5, 5.41) is 2.83. The van der Waals surface area contributed by atoms with Gasteiger partial charge in [-0.2, -0.15) is 0 Å². The zero-order valence-electron chi connectivity index (χ0n) is 20.0. The maximum atomic E-state index is 12.9. The van der Waals surface area contributed by atoms with Crippen LogP contribution >= 0.6 is 0 Å². The van der Waals surface area contributed by atoms with Crippen LogP contribution in [0.5, 0.6) is 0 Å². The zero-order valence-corrected chi connectivity index (χ0v) is 20.8. The molecule has 0 radical (unpaired) electrons. The third-order valence-corrected chi connectivity index (χ3v) is 8.30. The molecule has 0 aliphatic heterocycles. The number of anilines is 1. The van der Waals surface area contributed by atoms with Crippen molar-refractivity contribution in [2.24, 2.45) is 5.92 Å². The summed E-state index contributed by atoms with van der Waals surface area (Å²) < 4.78 is 24.8. The van der Waals surface area contributed by atoms with E-state index in [1.165, 1.54) is 0 Å². The number of hydrogen-bond acceptors (Lipinski definition) is 4. The molecule has 0 spiro atoms. The van der Waals surface area contributed by atoms with Gasteiger partial charge in [-0.15, -0.1) is 0 Å². The van der Waals surface area contributed by atoms with Crippen LogP contribution < -0.4 is 5.32 Å². The third-order valence-electron chi connectivity index (χ3n) is 6.40. The monoisotopic (exact) mass is 490 g/mol. The van der Waals surface area contributed by atoms with Crippen LogP contribution in [-0.4, -0.2) is 37.9 Å². The first kappa shape index (κ1) is 24.7. The van der Waals surface area contributed by atoms with Crippen molar-refractivity contribution in [1.29, 1.82) is 0 Å². The number of benzene rings is 3. The second kappa shape index (κ2) is 10.4. The molecule has 1 atom stereocenters. The molecule has 1 aliphatic carbocycles. The van der Waals surface area contributed by atoms with Crippen LogP contribution in [0.2, 0.25) is 0 Å². The molecule has 35 heavy (non-hydrogen) atoms. The van der Waals surface area contributed by atoms with Gasteiger partial charge in [0.15, 0.2) is 9.84 Å². The SMILES string of the molecule is CC(c1ccccc1)N(C)C(=O)c1ccc(NC(=O)Cc2ccc(S(=O)(=O)CC3CC3)cc2)cc1. The number of carbonyl (C=O) groups is 2. The van der Waals surface area contributed by atoms with Crippen molar-refractivity contribution < 1.29 is 18.0 Å². The Morgan fingerprint density at radius 1 is 0.943 bits per heavy atom. The van der Waals surface area contributed by atoms with Crippen LogP contribution in [0.4, 0.5) is 5.69 Å². The smallest absolute Gasteiger partial charge is 0.254 e. The predicted octanol–water partition coefficient (Wildman–Crippen LogP) is 4.88. The second-order valence-electron chi connectivity index (χ2n) is 9.17. The predicted molar refractivity (Wildman–Crippen MR) is 137 cm³/mol. The van der Waals surface area contributed by atoms with Gasteiger partial charge in [0.1, 0.15) is 0 Å².